The molecule has 1 aromatic carbocycles. The molecule has 8 heteroatoms. The topological polar surface area (TPSA) is 100 Å². The highest BCUT2D eigenvalue weighted by Gasteiger charge is 2.22. The van der Waals surface area contributed by atoms with E-state index in [0.717, 1.165) is 26.9 Å². The van der Waals surface area contributed by atoms with Crippen molar-refractivity contribution in [1.82, 2.24) is 10.3 Å². The van der Waals surface area contributed by atoms with E-state index in [0.29, 0.717) is 23.5 Å². The van der Waals surface area contributed by atoms with Crippen LogP contribution < -0.4 is 10.6 Å². The van der Waals surface area contributed by atoms with Gasteiger partial charge >= 0.3 is 5.97 Å². The highest BCUT2D eigenvalue weighted by molar-refractivity contribution is 7.16. The number of hydrogen-bond acceptors (Lipinski definition) is 5. The molecule has 0 fully saturated rings. The van der Waals surface area contributed by atoms with Crippen LogP contribution in [-0.4, -0.2) is 35.9 Å². The number of carbonyl (C=O) groups is 3. The summed E-state index contributed by atoms with van der Waals surface area (Å²) in [6.45, 7) is 5.09. The fourth-order valence-electron chi connectivity index (χ4n) is 3.05. The van der Waals surface area contributed by atoms with E-state index in [1.165, 1.54) is 18.3 Å². The molecule has 0 atom stereocenters. The van der Waals surface area contributed by atoms with E-state index in [9.17, 15) is 14.4 Å². The Bertz CT molecular complexity index is 1070. The van der Waals surface area contributed by atoms with Crippen molar-refractivity contribution >= 4 is 45.0 Å². The number of nitrogens with one attached hydrogen (secondary N) is 3. The Morgan fingerprint density at radius 3 is 2.69 bits per heavy atom. The molecule has 0 unspecified atom stereocenters. The first-order chi connectivity index (χ1) is 13.9. The zero-order chi connectivity index (χ0) is 21.0. The molecule has 0 bridgehead atoms. The summed E-state index contributed by atoms with van der Waals surface area (Å²) in [6, 6.07) is 7.97. The van der Waals surface area contributed by atoms with E-state index in [1.807, 2.05) is 37.4 Å². The minimum Gasteiger partial charge on any atom is -0.452 e. The smallest absolute Gasteiger partial charge is 0.341 e. The highest BCUT2D eigenvalue weighted by Crippen LogP contribution is 2.32. The van der Waals surface area contributed by atoms with Crippen LogP contribution in [0, 0.1) is 13.8 Å². The quantitative estimate of drug-likeness (QED) is 0.517. The van der Waals surface area contributed by atoms with Gasteiger partial charge in [0.2, 0.25) is 5.91 Å². The number of amides is 2. The van der Waals surface area contributed by atoms with E-state index in [2.05, 4.69) is 15.6 Å². The van der Waals surface area contributed by atoms with Crippen molar-refractivity contribution in [2.24, 2.45) is 0 Å². The Morgan fingerprint density at radius 1 is 1.17 bits per heavy atom. The SMILES string of the molecule is CC(=O)Nc1sc(C)c(C)c1C(=O)OCC(=O)NCCc1c[nH]c2ccccc12. The third kappa shape index (κ3) is 4.83. The van der Waals surface area contributed by atoms with Crippen molar-refractivity contribution in [1.29, 1.82) is 0 Å². The largest absolute Gasteiger partial charge is 0.452 e. The van der Waals surface area contributed by atoms with Gasteiger partial charge in [0.15, 0.2) is 6.61 Å². The summed E-state index contributed by atoms with van der Waals surface area (Å²) in [7, 11) is 0. The lowest BCUT2D eigenvalue weighted by atomic mass is 10.1. The van der Waals surface area contributed by atoms with Gasteiger partial charge in [-0.2, -0.15) is 0 Å². The normalized spacial score (nSPS) is 10.7. The average Bonchev–Trinajstić information content (AvgIpc) is 3.20. The molecule has 7 nitrogen and oxygen atoms in total. The lowest BCUT2D eigenvalue weighted by molar-refractivity contribution is -0.124. The number of ether oxygens (including phenoxy) is 1. The summed E-state index contributed by atoms with van der Waals surface area (Å²) >= 11 is 1.31. The first kappa shape index (κ1) is 20.6. The zero-order valence-electron chi connectivity index (χ0n) is 16.5. The first-order valence-corrected chi connectivity index (χ1v) is 10.0. The molecular formula is C21H23N3O4S. The predicted octanol–water partition coefficient (Wildman–Crippen LogP) is 3.32. The van der Waals surface area contributed by atoms with Crippen molar-refractivity contribution in [2.75, 3.05) is 18.5 Å². The maximum Gasteiger partial charge on any atom is 0.341 e. The highest BCUT2D eigenvalue weighted by atomic mass is 32.1. The van der Waals surface area contributed by atoms with Crippen LogP contribution in [0.25, 0.3) is 10.9 Å². The Labute approximate surface area is 172 Å². The summed E-state index contributed by atoms with van der Waals surface area (Å²) in [6.07, 6.45) is 2.60. The molecule has 0 radical (unpaired) electrons. The van der Waals surface area contributed by atoms with Gasteiger partial charge in [-0.3, -0.25) is 9.59 Å². The molecule has 152 valence electrons. The molecule has 0 aliphatic carbocycles. The van der Waals surface area contributed by atoms with Crippen LogP contribution in [0.1, 0.15) is 33.3 Å². The molecule has 0 spiro atoms. The molecule has 0 saturated carbocycles. The number of para-hydroxylation sites is 1. The van der Waals surface area contributed by atoms with Crippen LogP contribution in [0.4, 0.5) is 5.00 Å². The second-order valence-corrected chi connectivity index (χ2v) is 7.93. The molecule has 29 heavy (non-hydrogen) atoms. The number of rotatable bonds is 7. The molecular weight excluding hydrogens is 390 g/mol. The van der Waals surface area contributed by atoms with E-state index >= 15 is 0 Å². The van der Waals surface area contributed by atoms with Gasteiger partial charge < -0.3 is 20.4 Å². The van der Waals surface area contributed by atoms with Crippen LogP contribution >= 0.6 is 11.3 Å². The Balaban J connectivity index is 1.52. The second-order valence-electron chi connectivity index (χ2n) is 6.70. The third-order valence-corrected chi connectivity index (χ3v) is 5.73. The Kier molecular flexibility index (Phi) is 6.33. The van der Waals surface area contributed by atoms with Crippen molar-refractivity contribution in [3.63, 3.8) is 0 Å². The second kappa shape index (κ2) is 8.91. The number of anilines is 1. The van der Waals surface area contributed by atoms with Gasteiger partial charge in [-0.05, 0) is 37.5 Å². The van der Waals surface area contributed by atoms with Gasteiger partial charge in [-0.15, -0.1) is 11.3 Å². The third-order valence-electron chi connectivity index (χ3n) is 4.60. The van der Waals surface area contributed by atoms with Crippen molar-refractivity contribution in [2.45, 2.75) is 27.2 Å². The van der Waals surface area contributed by atoms with Crippen LogP contribution in [0.2, 0.25) is 0 Å². The summed E-state index contributed by atoms with van der Waals surface area (Å²) in [4.78, 5) is 40.0. The van der Waals surface area contributed by atoms with E-state index in [1.54, 1.807) is 6.92 Å². The monoisotopic (exact) mass is 413 g/mol. The van der Waals surface area contributed by atoms with Crippen LogP contribution in [0.3, 0.4) is 0 Å². The molecule has 2 heterocycles. The number of benzene rings is 1. The van der Waals surface area contributed by atoms with Gasteiger partial charge in [0.25, 0.3) is 5.91 Å². The number of aryl methyl sites for hydroxylation is 1. The molecule has 2 aromatic heterocycles. The minimum atomic E-state index is -0.623. The number of aromatic amines is 1. The molecule has 0 saturated heterocycles. The number of esters is 1. The fraction of sp³-hybridized carbons (Fsp3) is 0.286. The van der Waals surface area contributed by atoms with E-state index in [-0.39, 0.29) is 18.4 Å². The summed E-state index contributed by atoms with van der Waals surface area (Å²) < 4.78 is 5.16. The summed E-state index contributed by atoms with van der Waals surface area (Å²) in [5, 5.41) is 6.97. The molecule has 3 rings (SSSR count). The summed E-state index contributed by atoms with van der Waals surface area (Å²) in [5.74, 6) is -1.26. The molecule has 0 aliphatic rings. The van der Waals surface area contributed by atoms with Crippen molar-refractivity contribution in [3.8, 4) is 0 Å². The van der Waals surface area contributed by atoms with Gasteiger partial charge in [-0.25, -0.2) is 4.79 Å². The Morgan fingerprint density at radius 2 is 1.93 bits per heavy atom. The number of hydrogen-bond donors (Lipinski definition) is 3. The first-order valence-electron chi connectivity index (χ1n) is 9.23. The average molecular weight is 413 g/mol. The van der Waals surface area contributed by atoms with Gasteiger partial charge in [0.05, 0.1) is 5.56 Å². The maximum atomic E-state index is 12.4. The minimum absolute atomic E-state index is 0.268. The number of thiophene rings is 1. The van der Waals surface area contributed by atoms with Crippen LogP contribution in [-0.2, 0) is 20.7 Å². The van der Waals surface area contributed by atoms with Crippen LogP contribution in [0.5, 0.6) is 0 Å². The maximum absolute atomic E-state index is 12.4. The molecule has 3 aromatic rings. The van der Waals surface area contributed by atoms with Gasteiger partial charge in [0.1, 0.15) is 5.00 Å². The fourth-order valence-corrected chi connectivity index (χ4v) is 4.14. The zero-order valence-corrected chi connectivity index (χ0v) is 17.4. The number of H-pyrrole nitrogens is 1. The lowest BCUT2D eigenvalue weighted by Gasteiger charge is -2.08. The van der Waals surface area contributed by atoms with Gasteiger partial charge in [0, 0.05) is 35.4 Å². The van der Waals surface area contributed by atoms with Crippen molar-refractivity contribution in [3.05, 3.63) is 52.0 Å². The predicted molar refractivity (Wildman–Crippen MR) is 113 cm³/mol. The molecule has 2 amide bonds. The van der Waals surface area contributed by atoms with Crippen molar-refractivity contribution < 1.29 is 19.1 Å². The molecule has 0 aliphatic heterocycles. The van der Waals surface area contributed by atoms with E-state index < -0.39 is 5.97 Å². The number of carbonyl (C=O) groups excluding carboxylic acids is 3. The number of fused-ring (bicyclic) bond motifs is 1. The molecule has 3 N–H and O–H groups in total. The standard InChI is InChI=1S/C21H23N3O4S/c1-12-13(2)29-20(24-14(3)25)19(12)21(27)28-11-18(26)22-9-8-15-10-23-17-7-5-4-6-16(15)17/h4-7,10,23H,8-9,11H2,1-3H3,(H,22,26)(H,24,25). The number of aromatic nitrogens is 1. The lowest BCUT2D eigenvalue weighted by Crippen LogP contribution is -2.30. The Hall–Kier alpha value is -3.13. The van der Waals surface area contributed by atoms with E-state index in [4.69, 9.17) is 4.74 Å². The van der Waals surface area contributed by atoms with Gasteiger partial charge in [-0.1, -0.05) is 18.2 Å². The summed E-state index contributed by atoms with van der Waals surface area (Å²) in [5.41, 5.74) is 3.21. The van der Waals surface area contributed by atoms with Crippen LogP contribution in [0.15, 0.2) is 30.5 Å².